The molecule has 0 radical (unpaired) electrons. The largest absolute Gasteiger partial charge is 0.464 e. The van der Waals surface area contributed by atoms with Crippen molar-refractivity contribution in [3.8, 4) is 0 Å². The molecule has 2 atom stereocenters. The second-order valence-corrected chi connectivity index (χ2v) is 12.3. The van der Waals surface area contributed by atoms with Crippen LogP contribution in [-0.4, -0.2) is 57.2 Å². The summed E-state index contributed by atoms with van der Waals surface area (Å²) >= 11 is 0. The van der Waals surface area contributed by atoms with Crippen molar-refractivity contribution in [2.75, 3.05) is 11.9 Å². The summed E-state index contributed by atoms with van der Waals surface area (Å²) < 4.78 is 12.2. The van der Waals surface area contributed by atoms with Gasteiger partial charge in [0, 0.05) is 6.20 Å². The maximum Gasteiger partial charge on any atom is 0.408 e. The fourth-order valence-corrected chi connectivity index (χ4v) is 4.98. The summed E-state index contributed by atoms with van der Waals surface area (Å²) in [6.45, 7) is 10.3. The van der Waals surface area contributed by atoms with E-state index in [0.717, 1.165) is 32.1 Å². The number of carbonyl (C=O) groups excluding carboxylic acids is 4. The number of amides is 3. The van der Waals surface area contributed by atoms with E-state index in [9.17, 15) is 19.2 Å². The molecular formula is C31H45N5O6. The Balaban J connectivity index is 1.77. The minimum Gasteiger partial charge on any atom is -0.464 e. The van der Waals surface area contributed by atoms with E-state index < -0.39 is 47.1 Å². The van der Waals surface area contributed by atoms with E-state index in [-0.39, 0.29) is 18.3 Å². The first-order valence-corrected chi connectivity index (χ1v) is 14.7. The van der Waals surface area contributed by atoms with Crippen LogP contribution in [0.25, 0.3) is 0 Å². The molecule has 0 spiro atoms. The number of imidazole rings is 1. The minimum absolute atomic E-state index is 0.224. The number of carbonyl (C=O) groups is 4. The summed E-state index contributed by atoms with van der Waals surface area (Å²) in [6, 6.07) is 7.53. The summed E-state index contributed by atoms with van der Waals surface area (Å²) in [5.41, 5.74) is -1.35. The average molecular weight is 584 g/mol. The number of rotatable bonds is 11. The van der Waals surface area contributed by atoms with Crippen LogP contribution in [0.5, 0.6) is 0 Å². The lowest BCUT2D eigenvalue weighted by molar-refractivity contribution is -0.145. The number of nitrogens with one attached hydrogen (secondary N) is 3. The van der Waals surface area contributed by atoms with Gasteiger partial charge in [0.25, 0.3) is 0 Å². The summed E-state index contributed by atoms with van der Waals surface area (Å²) in [4.78, 5) is 56.4. The third kappa shape index (κ3) is 9.60. The Morgan fingerprint density at radius 3 is 2.31 bits per heavy atom. The van der Waals surface area contributed by atoms with Crippen LogP contribution in [0, 0.1) is 5.92 Å². The summed E-state index contributed by atoms with van der Waals surface area (Å²) in [6.07, 6.45) is 8.04. The van der Waals surface area contributed by atoms with Crippen molar-refractivity contribution in [1.82, 2.24) is 20.2 Å². The van der Waals surface area contributed by atoms with Crippen LogP contribution in [0.3, 0.4) is 0 Å². The molecule has 0 saturated heterocycles. The number of ether oxygens (including phenoxy) is 2. The lowest BCUT2D eigenvalue weighted by Gasteiger charge is -2.31. The maximum atomic E-state index is 13.6. The molecule has 1 aromatic heterocycles. The molecule has 1 fully saturated rings. The van der Waals surface area contributed by atoms with E-state index in [1.165, 1.54) is 6.33 Å². The van der Waals surface area contributed by atoms with Gasteiger partial charge in [0.05, 0.1) is 12.9 Å². The predicted molar refractivity (Wildman–Crippen MR) is 159 cm³/mol. The first-order valence-electron chi connectivity index (χ1n) is 14.7. The zero-order chi connectivity index (χ0) is 30.9. The molecule has 1 unspecified atom stereocenters. The monoisotopic (exact) mass is 583 g/mol. The standard InChI is InChI=1S/C31H45N5O6/c1-7-41-27(38)25(22-16-12-9-13-17-22)36-19-24(32-20-36)34-26(37)23(18-21-14-10-8-11-15-21)33-28(39)31(5,6)35-29(40)42-30(2,3)4/h9,12-13,16-17,19-21,23,25H,7-8,10-11,14-15,18H2,1-6H3,(H,33,39)(H,34,37)(H,35,40)/t23-,25?/m1/s1. The molecule has 1 aliphatic carbocycles. The Hall–Kier alpha value is -3.89. The lowest BCUT2D eigenvalue weighted by Crippen LogP contribution is -2.59. The number of esters is 1. The highest BCUT2D eigenvalue weighted by Crippen LogP contribution is 2.28. The molecule has 42 heavy (non-hydrogen) atoms. The Kier molecular flexibility index (Phi) is 11.1. The molecule has 3 rings (SSSR count). The molecule has 1 heterocycles. The highest BCUT2D eigenvalue weighted by molar-refractivity contribution is 5.98. The molecule has 0 aliphatic heterocycles. The van der Waals surface area contributed by atoms with Gasteiger partial charge in [-0.1, -0.05) is 62.4 Å². The zero-order valence-electron chi connectivity index (χ0n) is 25.6. The summed E-state index contributed by atoms with van der Waals surface area (Å²) in [5.74, 6) is -0.873. The molecule has 3 amide bonds. The van der Waals surface area contributed by atoms with E-state index in [2.05, 4.69) is 20.9 Å². The summed E-state index contributed by atoms with van der Waals surface area (Å²) in [7, 11) is 0. The van der Waals surface area contributed by atoms with Gasteiger partial charge >= 0.3 is 12.1 Å². The van der Waals surface area contributed by atoms with Crippen molar-refractivity contribution in [2.24, 2.45) is 5.92 Å². The molecule has 2 aromatic rings. The normalized spacial score (nSPS) is 15.7. The van der Waals surface area contributed by atoms with Gasteiger partial charge in [-0.05, 0) is 59.4 Å². The van der Waals surface area contributed by atoms with Crippen molar-refractivity contribution >= 4 is 29.7 Å². The molecule has 3 N–H and O–H groups in total. The molecule has 1 aliphatic rings. The number of hydrogen-bond acceptors (Lipinski definition) is 7. The fourth-order valence-electron chi connectivity index (χ4n) is 4.98. The molecule has 11 heteroatoms. The van der Waals surface area contributed by atoms with E-state index >= 15 is 0 Å². The predicted octanol–water partition coefficient (Wildman–Crippen LogP) is 4.73. The van der Waals surface area contributed by atoms with Crippen molar-refractivity contribution < 1.29 is 28.7 Å². The van der Waals surface area contributed by atoms with Crippen molar-refractivity contribution in [3.63, 3.8) is 0 Å². The van der Waals surface area contributed by atoms with E-state index in [1.54, 1.807) is 52.3 Å². The average Bonchev–Trinajstić information content (AvgIpc) is 3.35. The second-order valence-electron chi connectivity index (χ2n) is 12.3. The van der Waals surface area contributed by atoms with Crippen LogP contribution >= 0.6 is 0 Å². The van der Waals surface area contributed by atoms with Gasteiger partial charge in [-0.3, -0.25) is 9.59 Å². The van der Waals surface area contributed by atoms with Crippen LogP contribution in [0.4, 0.5) is 10.6 Å². The molecule has 1 aromatic carbocycles. The van der Waals surface area contributed by atoms with Gasteiger partial charge in [0.15, 0.2) is 11.9 Å². The van der Waals surface area contributed by atoms with E-state index in [0.29, 0.717) is 12.0 Å². The van der Waals surface area contributed by atoms with Gasteiger partial charge in [-0.15, -0.1) is 0 Å². The first kappa shape index (κ1) is 32.6. The maximum absolute atomic E-state index is 13.6. The van der Waals surface area contributed by atoms with Crippen LogP contribution in [0.2, 0.25) is 0 Å². The topological polar surface area (TPSA) is 141 Å². The van der Waals surface area contributed by atoms with E-state index in [4.69, 9.17) is 9.47 Å². The molecule has 230 valence electrons. The third-order valence-corrected chi connectivity index (χ3v) is 7.07. The highest BCUT2D eigenvalue weighted by Gasteiger charge is 2.35. The van der Waals surface area contributed by atoms with Crippen molar-refractivity contribution in [2.45, 2.75) is 103 Å². The smallest absolute Gasteiger partial charge is 0.408 e. The zero-order valence-corrected chi connectivity index (χ0v) is 25.6. The number of benzene rings is 1. The Morgan fingerprint density at radius 2 is 1.69 bits per heavy atom. The third-order valence-electron chi connectivity index (χ3n) is 7.07. The van der Waals surface area contributed by atoms with Crippen molar-refractivity contribution in [3.05, 3.63) is 48.4 Å². The fraction of sp³-hybridized carbons (Fsp3) is 0.581. The van der Waals surface area contributed by atoms with Gasteiger partial charge < -0.3 is 30.0 Å². The minimum atomic E-state index is -1.34. The SMILES string of the molecule is CCOC(=O)C(c1ccccc1)n1cnc(NC(=O)[C@@H](CC2CCCCC2)NC(=O)C(C)(C)NC(=O)OC(C)(C)C)c1. The van der Waals surface area contributed by atoms with Gasteiger partial charge in [0.1, 0.15) is 17.2 Å². The summed E-state index contributed by atoms with van der Waals surface area (Å²) in [5, 5.41) is 8.26. The van der Waals surface area contributed by atoms with Crippen LogP contribution in [0.1, 0.15) is 91.7 Å². The van der Waals surface area contributed by atoms with Crippen molar-refractivity contribution in [1.29, 1.82) is 0 Å². The first-order chi connectivity index (χ1) is 19.8. The number of alkyl carbamates (subject to hydrolysis) is 1. The van der Waals surface area contributed by atoms with Crippen LogP contribution < -0.4 is 16.0 Å². The number of anilines is 1. The molecule has 1 saturated carbocycles. The number of hydrogen-bond donors (Lipinski definition) is 3. The molecule has 11 nitrogen and oxygen atoms in total. The number of nitrogens with zero attached hydrogens (tertiary/aromatic N) is 2. The highest BCUT2D eigenvalue weighted by atomic mass is 16.6. The quantitative estimate of drug-likeness (QED) is 0.325. The second kappa shape index (κ2) is 14.3. The van der Waals surface area contributed by atoms with E-state index in [1.807, 2.05) is 30.3 Å². The van der Waals surface area contributed by atoms with Gasteiger partial charge in [-0.25, -0.2) is 14.6 Å². The molecular weight excluding hydrogens is 538 g/mol. The lowest BCUT2D eigenvalue weighted by atomic mass is 9.84. The van der Waals surface area contributed by atoms with Gasteiger partial charge in [-0.2, -0.15) is 0 Å². The molecule has 0 bridgehead atoms. The Labute approximate surface area is 248 Å². The van der Waals surface area contributed by atoms with Crippen LogP contribution in [0.15, 0.2) is 42.9 Å². The van der Waals surface area contributed by atoms with Gasteiger partial charge in [0.2, 0.25) is 11.8 Å². The Bertz CT molecular complexity index is 1210. The number of aromatic nitrogens is 2. The van der Waals surface area contributed by atoms with Crippen LogP contribution in [-0.2, 0) is 23.9 Å². The Morgan fingerprint density at radius 1 is 1.02 bits per heavy atom.